The van der Waals surface area contributed by atoms with Crippen molar-refractivity contribution in [3.63, 3.8) is 0 Å². The van der Waals surface area contributed by atoms with Crippen molar-refractivity contribution in [1.82, 2.24) is 9.80 Å². The molecule has 0 amide bonds. The quantitative estimate of drug-likeness (QED) is 0.123. The van der Waals surface area contributed by atoms with Crippen LogP contribution in [0.5, 0.6) is 17.2 Å². The van der Waals surface area contributed by atoms with Gasteiger partial charge in [-0.2, -0.15) is 0 Å². The molecular weight excluding hydrogens is 642 g/mol. The third-order valence-electron chi connectivity index (χ3n) is 9.75. The Hall–Kier alpha value is -3.65. The molecule has 0 N–H and O–H groups in total. The minimum Gasteiger partial charge on any atom is -0.493 e. The second-order valence-corrected chi connectivity index (χ2v) is 13.8. The first-order chi connectivity index (χ1) is 23.8. The summed E-state index contributed by atoms with van der Waals surface area (Å²) in [5, 5.41) is 0.496. The Bertz CT molecular complexity index is 1700. The third-order valence-corrected chi connectivity index (χ3v) is 10.0. The molecule has 0 atom stereocenters. The van der Waals surface area contributed by atoms with Crippen molar-refractivity contribution in [2.75, 3.05) is 39.3 Å². The molecule has 260 valence electrons. The number of halogens is 3. The summed E-state index contributed by atoms with van der Waals surface area (Å²) in [5.41, 5.74) is 6.90. The van der Waals surface area contributed by atoms with Crippen LogP contribution in [0.2, 0.25) is 5.02 Å². The fourth-order valence-electron chi connectivity index (χ4n) is 6.98. The maximum absolute atomic E-state index is 13.9. The van der Waals surface area contributed by atoms with E-state index in [9.17, 15) is 8.78 Å². The number of nitrogens with zero attached hydrogens (tertiary/aromatic N) is 2. The zero-order valence-corrected chi connectivity index (χ0v) is 29.5. The van der Waals surface area contributed by atoms with Crippen LogP contribution >= 0.6 is 11.6 Å². The summed E-state index contributed by atoms with van der Waals surface area (Å²) in [6.45, 7) is 11.5. The summed E-state index contributed by atoms with van der Waals surface area (Å²) in [6, 6.07) is 19.7. The number of rotatable bonds is 14. The van der Waals surface area contributed by atoms with Crippen molar-refractivity contribution in [1.29, 1.82) is 0 Å². The van der Waals surface area contributed by atoms with Gasteiger partial charge in [0.2, 0.25) is 0 Å². The van der Waals surface area contributed by atoms with Crippen molar-refractivity contribution >= 4 is 11.6 Å². The molecule has 2 fully saturated rings. The Balaban J connectivity index is 1.17. The summed E-state index contributed by atoms with van der Waals surface area (Å²) >= 11 is 6.82. The number of ether oxygens (including phenoxy) is 3. The molecule has 4 aromatic rings. The lowest BCUT2D eigenvalue weighted by molar-refractivity contribution is 0.214. The van der Waals surface area contributed by atoms with E-state index in [0.29, 0.717) is 41.8 Å². The molecule has 2 aliphatic rings. The van der Waals surface area contributed by atoms with E-state index < -0.39 is 11.6 Å². The SMILES string of the molecule is Cc1c(COc2cc(OCc3cc(F)cc(F)c3)c(CN3CCCCC3)cc2Cl)cccc1-c1cccc(OCCCN2CCCC2)c1C. The molecule has 8 heteroatoms. The first-order valence-corrected chi connectivity index (χ1v) is 18.0. The minimum atomic E-state index is -0.632. The molecule has 49 heavy (non-hydrogen) atoms. The lowest BCUT2D eigenvalue weighted by Crippen LogP contribution is -2.29. The molecule has 2 heterocycles. The molecule has 5 nitrogen and oxygen atoms in total. The molecule has 0 radical (unpaired) electrons. The van der Waals surface area contributed by atoms with Gasteiger partial charge in [-0.05, 0) is 130 Å². The topological polar surface area (TPSA) is 34.2 Å². The molecule has 0 aliphatic carbocycles. The van der Waals surface area contributed by atoms with E-state index in [2.05, 4.69) is 60.0 Å². The highest BCUT2D eigenvalue weighted by Gasteiger charge is 2.18. The lowest BCUT2D eigenvalue weighted by atomic mass is 9.93. The summed E-state index contributed by atoms with van der Waals surface area (Å²) in [5.74, 6) is 0.743. The van der Waals surface area contributed by atoms with Gasteiger partial charge in [-0.1, -0.05) is 48.4 Å². The van der Waals surface area contributed by atoms with Gasteiger partial charge >= 0.3 is 0 Å². The van der Waals surface area contributed by atoms with E-state index in [1.807, 2.05) is 12.1 Å². The largest absolute Gasteiger partial charge is 0.493 e. The van der Waals surface area contributed by atoms with Crippen molar-refractivity contribution in [2.24, 2.45) is 0 Å². The standard InChI is InChI=1S/C41H47ClF2N2O3/c1-29-32(11-8-12-36(29)37-13-9-14-39(30(37)2)47-20-10-19-45-15-6-7-16-45)28-49-41-25-40(48-27-31-21-34(43)24-35(44)22-31)33(23-38(41)42)26-46-17-4-3-5-18-46/h8-9,11-14,21-25H,3-7,10,15-20,26-28H2,1-2H3. The number of benzene rings is 4. The Morgan fingerprint density at radius 2 is 1.29 bits per heavy atom. The fraction of sp³-hybridized carbons (Fsp3) is 0.415. The first kappa shape index (κ1) is 35.2. The Kier molecular flexibility index (Phi) is 12.1. The van der Waals surface area contributed by atoms with Crippen molar-refractivity contribution in [2.45, 2.75) is 72.1 Å². The molecule has 6 rings (SSSR count). The molecule has 2 aliphatic heterocycles. The lowest BCUT2D eigenvalue weighted by Gasteiger charge is -2.27. The zero-order chi connectivity index (χ0) is 34.2. The monoisotopic (exact) mass is 688 g/mol. The van der Waals surface area contributed by atoms with Gasteiger partial charge in [0.25, 0.3) is 0 Å². The van der Waals surface area contributed by atoms with Gasteiger partial charge in [0.15, 0.2) is 0 Å². The van der Waals surface area contributed by atoms with Gasteiger partial charge in [0, 0.05) is 30.8 Å². The second kappa shape index (κ2) is 16.8. The second-order valence-electron chi connectivity index (χ2n) is 13.4. The van der Waals surface area contributed by atoms with Gasteiger partial charge in [-0.25, -0.2) is 8.78 Å². The molecule has 0 spiro atoms. The van der Waals surface area contributed by atoms with E-state index >= 15 is 0 Å². The van der Waals surface area contributed by atoms with Crippen LogP contribution in [0.4, 0.5) is 8.78 Å². The smallest absolute Gasteiger partial charge is 0.142 e. The van der Waals surface area contributed by atoms with Crippen LogP contribution in [0.25, 0.3) is 11.1 Å². The predicted octanol–water partition coefficient (Wildman–Crippen LogP) is 9.91. The van der Waals surface area contributed by atoms with E-state index in [4.69, 9.17) is 25.8 Å². The summed E-state index contributed by atoms with van der Waals surface area (Å²) < 4.78 is 46.6. The van der Waals surface area contributed by atoms with Crippen LogP contribution < -0.4 is 14.2 Å². The summed E-state index contributed by atoms with van der Waals surface area (Å²) in [7, 11) is 0. The van der Waals surface area contributed by atoms with E-state index in [1.165, 1.54) is 44.5 Å². The maximum atomic E-state index is 13.9. The number of hydrogen-bond acceptors (Lipinski definition) is 5. The van der Waals surface area contributed by atoms with Gasteiger partial charge in [0.05, 0.1) is 11.6 Å². The van der Waals surface area contributed by atoms with Crippen LogP contribution in [0.3, 0.4) is 0 Å². The van der Waals surface area contributed by atoms with E-state index in [1.54, 1.807) is 0 Å². The van der Waals surface area contributed by atoms with Gasteiger partial charge in [0.1, 0.15) is 42.1 Å². The molecular formula is C41H47ClF2N2O3. The van der Waals surface area contributed by atoms with Crippen molar-refractivity contribution < 1.29 is 23.0 Å². The van der Waals surface area contributed by atoms with Crippen LogP contribution in [-0.4, -0.2) is 49.1 Å². The maximum Gasteiger partial charge on any atom is 0.142 e. The van der Waals surface area contributed by atoms with Gasteiger partial charge in [-0.3, -0.25) is 4.90 Å². The van der Waals surface area contributed by atoms with Crippen molar-refractivity contribution in [3.05, 3.63) is 111 Å². The van der Waals surface area contributed by atoms with E-state index in [0.717, 1.165) is 84.1 Å². The highest BCUT2D eigenvalue weighted by Crippen LogP contribution is 2.37. The van der Waals surface area contributed by atoms with Crippen LogP contribution in [0.1, 0.15) is 66.3 Å². The van der Waals surface area contributed by atoms with Crippen molar-refractivity contribution in [3.8, 4) is 28.4 Å². The molecule has 2 saturated heterocycles. The number of likely N-dealkylation sites (tertiary alicyclic amines) is 2. The van der Waals surface area contributed by atoms with Gasteiger partial charge < -0.3 is 19.1 Å². The molecule has 0 bridgehead atoms. The normalized spacial score (nSPS) is 15.4. The number of hydrogen-bond donors (Lipinski definition) is 0. The number of piperidine rings is 1. The summed E-state index contributed by atoms with van der Waals surface area (Å²) in [6.07, 6.45) is 7.18. The average Bonchev–Trinajstić information content (AvgIpc) is 3.61. The molecule has 0 aromatic heterocycles. The third kappa shape index (κ3) is 9.33. The highest BCUT2D eigenvalue weighted by atomic mass is 35.5. The van der Waals surface area contributed by atoms with Crippen LogP contribution in [-0.2, 0) is 19.8 Å². The minimum absolute atomic E-state index is 0.0183. The van der Waals surface area contributed by atoms with Gasteiger partial charge in [-0.15, -0.1) is 0 Å². The van der Waals surface area contributed by atoms with E-state index in [-0.39, 0.29) is 6.61 Å². The highest BCUT2D eigenvalue weighted by molar-refractivity contribution is 6.32. The predicted molar refractivity (Wildman–Crippen MR) is 193 cm³/mol. The Morgan fingerprint density at radius 3 is 2.04 bits per heavy atom. The van der Waals surface area contributed by atoms with Crippen LogP contribution in [0.15, 0.2) is 66.7 Å². The fourth-order valence-corrected chi connectivity index (χ4v) is 7.23. The molecule has 0 saturated carbocycles. The molecule has 4 aromatic carbocycles. The van der Waals surface area contributed by atoms with Crippen LogP contribution in [0, 0.1) is 25.5 Å². The average molecular weight is 689 g/mol. The Labute approximate surface area is 294 Å². The first-order valence-electron chi connectivity index (χ1n) is 17.6. The Morgan fingerprint density at radius 1 is 0.633 bits per heavy atom. The summed E-state index contributed by atoms with van der Waals surface area (Å²) in [4.78, 5) is 4.90. The zero-order valence-electron chi connectivity index (χ0n) is 28.7. The molecule has 0 unspecified atom stereocenters.